The van der Waals surface area contributed by atoms with Crippen molar-refractivity contribution in [2.75, 3.05) is 35.7 Å². The van der Waals surface area contributed by atoms with Gasteiger partial charge in [0.15, 0.2) is 0 Å². The second-order valence-electron chi connectivity index (χ2n) is 11.3. The van der Waals surface area contributed by atoms with Crippen molar-refractivity contribution in [1.82, 2.24) is 10.6 Å². The Morgan fingerprint density at radius 2 is 1.77 bits per heavy atom. The number of para-hydroxylation sites is 1. The fourth-order valence-corrected chi connectivity index (χ4v) is 8.41. The van der Waals surface area contributed by atoms with Gasteiger partial charge in [-0.25, -0.2) is 23.0 Å². The molecule has 1 aromatic heterocycles. The van der Waals surface area contributed by atoms with Crippen LogP contribution in [0.3, 0.4) is 0 Å². The van der Waals surface area contributed by atoms with E-state index in [0.29, 0.717) is 44.8 Å². The van der Waals surface area contributed by atoms with E-state index in [1.165, 1.54) is 41.6 Å². The van der Waals surface area contributed by atoms with Crippen LogP contribution < -0.4 is 27.0 Å². The Hall–Kier alpha value is -4.53. The highest BCUT2D eigenvalue weighted by atomic mass is 32.2. The number of hydrogen-bond donors (Lipinski definition) is 5. The summed E-state index contributed by atoms with van der Waals surface area (Å²) in [6.45, 7) is 7.97. The minimum absolute atomic E-state index is 0.0733. The number of alkyl carbamates (subject to hydrolysis) is 1. The first kappa shape index (κ1) is 35.3. The molecule has 4 aromatic rings. The number of sulfone groups is 1. The van der Waals surface area contributed by atoms with Gasteiger partial charge >= 0.3 is 12.1 Å². The number of carbonyl (C=O) groups is 2. The lowest BCUT2D eigenvalue weighted by atomic mass is 9.97. The molecular weight excluding hydrogens is 657 g/mol. The summed E-state index contributed by atoms with van der Waals surface area (Å²) in [5.74, 6) is 0. The summed E-state index contributed by atoms with van der Waals surface area (Å²) in [5.41, 5.74) is 9.30. The average Bonchev–Trinajstić information content (AvgIpc) is 3.43. The lowest BCUT2D eigenvalue weighted by Crippen LogP contribution is -2.32. The van der Waals surface area contributed by atoms with Crippen LogP contribution in [0.25, 0.3) is 11.1 Å². The van der Waals surface area contributed by atoms with E-state index in [9.17, 15) is 18.0 Å². The zero-order chi connectivity index (χ0) is 34.2. The second kappa shape index (κ2) is 15.4. The fraction of sp³-hybridized carbons (Fsp3) is 0.242. The molecule has 248 valence electrons. The smallest absolute Gasteiger partial charge is 0.412 e. The number of hydrogen-bond acceptors (Lipinski definition) is 10. The fourth-order valence-electron chi connectivity index (χ4n) is 4.54. The number of aryl methyl sites for hydroxylation is 1. The molecule has 47 heavy (non-hydrogen) atoms. The van der Waals surface area contributed by atoms with E-state index in [1.807, 2.05) is 37.3 Å². The van der Waals surface area contributed by atoms with E-state index in [4.69, 9.17) is 10.5 Å². The third kappa shape index (κ3) is 9.73. The first-order valence-electron chi connectivity index (χ1n) is 14.6. The van der Waals surface area contributed by atoms with Gasteiger partial charge in [0.05, 0.1) is 26.0 Å². The van der Waals surface area contributed by atoms with Crippen LogP contribution in [0.1, 0.15) is 26.3 Å². The van der Waals surface area contributed by atoms with Crippen LogP contribution in [0.4, 0.5) is 31.7 Å². The number of anilines is 3. The Morgan fingerprint density at radius 3 is 2.47 bits per heavy atom. The van der Waals surface area contributed by atoms with Gasteiger partial charge in [-0.1, -0.05) is 30.3 Å². The maximum absolute atomic E-state index is 13.9. The van der Waals surface area contributed by atoms with Crippen molar-refractivity contribution < 1.29 is 22.7 Å². The van der Waals surface area contributed by atoms with Gasteiger partial charge in [-0.15, -0.1) is 23.1 Å². The maximum atomic E-state index is 13.9. The molecule has 14 heteroatoms. The predicted molar refractivity (Wildman–Crippen MR) is 192 cm³/mol. The van der Waals surface area contributed by atoms with E-state index in [1.54, 1.807) is 57.4 Å². The first-order valence-corrected chi connectivity index (χ1v) is 18.1. The number of benzene rings is 3. The lowest BCUT2D eigenvalue weighted by molar-refractivity contribution is 0.0565. The maximum Gasteiger partial charge on any atom is 0.412 e. The van der Waals surface area contributed by atoms with Crippen molar-refractivity contribution >= 4 is 73.5 Å². The number of nitrogens with zero attached hydrogens (tertiary/aromatic N) is 1. The van der Waals surface area contributed by atoms with Gasteiger partial charge < -0.3 is 26.4 Å². The van der Waals surface area contributed by atoms with Gasteiger partial charge in [-0.2, -0.15) is 0 Å². The highest BCUT2D eigenvalue weighted by Crippen LogP contribution is 2.42. The van der Waals surface area contributed by atoms with E-state index >= 15 is 0 Å². The highest BCUT2D eigenvalue weighted by molar-refractivity contribution is 8.01. The predicted octanol–water partition coefficient (Wildman–Crippen LogP) is 7.28. The van der Waals surface area contributed by atoms with Crippen LogP contribution in [-0.4, -0.2) is 51.8 Å². The van der Waals surface area contributed by atoms with Crippen LogP contribution in [0, 0.1) is 6.92 Å². The molecule has 0 unspecified atom stereocenters. The number of nitrogens with two attached hydrogens (primary N) is 1. The average molecular weight is 695 g/mol. The van der Waals surface area contributed by atoms with Gasteiger partial charge in [0, 0.05) is 30.0 Å². The lowest BCUT2D eigenvalue weighted by Gasteiger charge is -2.18. The number of carbonyl (C=O) groups excluding carboxylic acids is 2. The number of thioether (sulfide) groups is 1. The van der Waals surface area contributed by atoms with Crippen molar-refractivity contribution in [3.63, 3.8) is 0 Å². The standard InChI is InChI=1S/C33H38N6O5S3/c1-21-16-23(34)18-26(39-31(40)36-15-14-35-24-11-7-6-8-12-24)29(21)22-10-9-13-25(17-22)47(42,43)27-19-28(46-30(27)45-5)37-20-38-32(41)44-33(2,3)4/h6-13,16-20,35H,14-15,34H2,1-5H3,(H2,36,39,40)(H,37,38,41). The molecule has 4 rings (SSSR count). The quantitative estimate of drug-likeness (QED) is 0.0360. The minimum atomic E-state index is -3.98. The van der Waals surface area contributed by atoms with Crippen molar-refractivity contribution in [1.29, 1.82) is 0 Å². The molecule has 0 saturated heterocycles. The summed E-state index contributed by atoms with van der Waals surface area (Å²) in [5, 5.41) is 11.8. The summed E-state index contributed by atoms with van der Waals surface area (Å²) in [6, 6.07) is 20.7. The Labute approximate surface area is 283 Å². The molecular formula is C33H38N6O5S3. The Morgan fingerprint density at radius 1 is 1.02 bits per heavy atom. The van der Waals surface area contributed by atoms with Crippen molar-refractivity contribution in [3.05, 3.63) is 78.4 Å². The molecule has 0 atom stereocenters. The monoisotopic (exact) mass is 694 g/mol. The van der Waals surface area contributed by atoms with E-state index in [-0.39, 0.29) is 9.79 Å². The van der Waals surface area contributed by atoms with Gasteiger partial charge in [0.2, 0.25) is 9.84 Å². The number of nitrogen functional groups attached to an aromatic ring is 1. The van der Waals surface area contributed by atoms with Crippen LogP contribution >= 0.6 is 23.1 Å². The number of aliphatic imine (C=N–C) groups is 1. The van der Waals surface area contributed by atoms with Crippen molar-refractivity contribution in [2.45, 2.75) is 47.3 Å². The number of ether oxygens (including phenoxy) is 1. The zero-order valence-electron chi connectivity index (χ0n) is 26.7. The third-order valence-electron chi connectivity index (χ3n) is 6.45. The summed E-state index contributed by atoms with van der Waals surface area (Å²) in [7, 11) is -3.98. The van der Waals surface area contributed by atoms with Gasteiger partial charge in [-0.05, 0) is 87.5 Å². The molecule has 0 fully saturated rings. The molecule has 1 heterocycles. The van der Waals surface area contributed by atoms with Gasteiger partial charge in [-0.3, -0.25) is 5.32 Å². The minimum Gasteiger partial charge on any atom is -0.444 e. The number of urea groups is 1. The molecule has 3 amide bonds. The zero-order valence-corrected chi connectivity index (χ0v) is 29.2. The van der Waals surface area contributed by atoms with Gasteiger partial charge in [0.1, 0.15) is 10.6 Å². The molecule has 0 aliphatic rings. The summed E-state index contributed by atoms with van der Waals surface area (Å²) < 4.78 is 33.6. The molecule has 0 spiro atoms. The SMILES string of the molecule is CSc1sc(/N=C/NC(=O)OC(C)(C)C)cc1S(=O)(=O)c1cccc(-c2c(C)cc(N)cc2NC(=O)NCCNc2ccccc2)c1. The van der Waals surface area contributed by atoms with Crippen molar-refractivity contribution in [2.24, 2.45) is 4.99 Å². The van der Waals surface area contributed by atoms with Crippen LogP contribution in [-0.2, 0) is 14.6 Å². The number of thiophene rings is 1. The molecule has 11 nitrogen and oxygen atoms in total. The topological polar surface area (TPSA) is 164 Å². The van der Waals surface area contributed by atoms with E-state index in [0.717, 1.165) is 11.3 Å². The summed E-state index contributed by atoms with van der Waals surface area (Å²) in [4.78, 5) is 29.2. The normalized spacial score (nSPS) is 11.7. The molecule has 0 saturated carbocycles. The second-order valence-corrected chi connectivity index (χ2v) is 15.3. The number of nitrogens with one attached hydrogen (secondary N) is 4. The molecule has 0 aliphatic carbocycles. The Balaban J connectivity index is 1.54. The van der Waals surface area contributed by atoms with E-state index in [2.05, 4.69) is 26.3 Å². The first-order chi connectivity index (χ1) is 22.3. The number of amides is 3. The Bertz CT molecular complexity index is 1870. The largest absolute Gasteiger partial charge is 0.444 e. The molecule has 3 aromatic carbocycles. The van der Waals surface area contributed by atoms with E-state index < -0.39 is 27.6 Å². The summed E-state index contributed by atoms with van der Waals surface area (Å²) in [6.07, 6.45) is 2.29. The van der Waals surface area contributed by atoms with Crippen LogP contribution in [0.5, 0.6) is 0 Å². The molecule has 0 radical (unpaired) electrons. The highest BCUT2D eigenvalue weighted by Gasteiger charge is 2.25. The molecule has 0 aliphatic heterocycles. The van der Waals surface area contributed by atoms with Crippen molar-refractivity contribution in [3.8, 4) is 11.1 Å². The van der Waals surface area contributed by atoms with Gasteiger partial charge in [0.25, 0.3) is 0 Å². The Kier molecular flexibility index (Phi) is 11.6. The van der Waals surface area contributed by atoms with Crippen LogP contribution in [0.2, 0.25) is 0 Å². The number of rotatable bonds is 11. The molecule has 6 N–H and O–H groups in total. The summed E-state index contributed by atoms with van der Waals surface area (Å²) >= 11 is 2.47. The molecule has 0 bridgehead atoms. The third-order valence-corrected chi connectivity index (χ3v) is 10.7. The van der Waals surface area contributed by atoms with Crippen LogP contribution in [0.15, 0.2) is 91.8 Å².